The Morgan fingerprint density at radius 2 is 2.44 bits per heavy atom. The number of nitrogens with zero attached hydrogens (tertiary/aromatic N) is 3. The molecule has 1 aliphatic rings. The lowest BCUT2D eigenvalue weighted by Gasteiger charge is -2.23. The summed E-state index contributed by atoms with van der Waals surface area (Å²) in [6, 6.07) is 0.180. The predicted molar refractivity (Wildman–Crippen MR) is 61.8 cm³/mol. The Balaban J connectivity index is 2.29. The van der Waals surface area contributed by atoms with E-state index in [0.29, 0.717) is 0 Å². The van der Waals surface area contributed by atoms with Crippen molar-refractivity contribution in [3.8, 4) is 0 Å². The molecule has 1 amide bonds. The topological polar surface area (TPSA) is 38.1 Å². The van der Waals surface area contributed by atoms with Crippen LogP contribution in [0.5, 0.6) is 0 Å². The van der Waals surface area contributed by atoms with E-state index < -0.39 is 0 Å². The second-order valence-electron chi connectivity index (χ2n) is 4.20. The van der Waals surface area contributed by atoms with Gasteiger partial charge < -0.3 is 4.90 Å². The molecule has 16 heavy (non-hydrogen) atoms. The second-order valence-corrected chi connectivity index (χ2v) is 4.20. The van der Waals surface area contributed by atoms with E-state index in [1.165, 1.54) is 6.08 Å². The van der Waals surface area contributed by atoms with Gasteiger partial charge in [0.05, 0.1) is 12.2 Å². The molecule has 2 heterocycles. The van der Waals surface area contributed by atoms with Crippen LogP contribution in [0.2, 0.25) is 0 Å². The lowest BCUT2D eigenvalue weighted by atomic mass is 10.1. The first kappa shape index (κ1) is 10.9. The van der Waals surface area contributed by atoms with Crippen LogP contribution in [-0.2, 0) is 11.8 Å². The molecular formula is C12H17N3O. The van der Waals surface area contributed by atoms with Crippen LogP contribution in [0.25, 0.3) is 0 Å². The molecule has 0 aromatic carbocycles. The van der Waals surface area contributed by atoms with E-state index in [1.807, 2.05) is 29.7 Å². The highest BCUT2D eigenvalue weighted by Gasteiger charge is 2.30. The third-order valence-electron chi connectivity index (χ3n) is 3.34. The Labute approximate surface area is 95.5 Å². The molecule has 0 spiro atoms. The molecule has 0 saturated carbocycles. The molecule has 0 bridgehead atoms. The van der Waals surface area contributed by atoms with Crippen LogP contribution >= 0.6 is 0 Å². The number of hydrogen-bond donors (Lipinski definition) is 0. The number of aromatic nitrogens is 2. The second kappa shape index (κ2) is 4.12. The van der Waals surface area contributed by atoms with Crippen molar-refractivity contribution in [1.82, 2.24) is 14.7 Å². The SMILES string of the molecule is C=CC(=O)N1CCCC1c1cnn(C)c1C. The lowest BCUT2D eigenvalue weighted by Crippen LogP contribution is -2.28. The first-order valence-corrected chi connectivity index (χ1v) is 5.56. The van der Waals surface area contributed by atoms with Crippen LogP contribution in [0.15, 0.2) is 18.9 Å². The van der Waals surface area contributed by atoms with E-state index in [0.717, 1.165) is 30.6 Å². The van der Waals surface area contributed by atoms with Crippen LogP contribution < -0.4 is 0 Å². The monoisotopic (exact) mass is 219 g/mol. The largest absolute Gasteiger partial charge is 0.332 e. The van der Waals surface area contributed by atoms with Gasteiger partial charge in [0.1, 0.15) is 0 Å². The summed E-state index contributed by atoms with van der Waals surface area (Å²) in [5, 5.41) is 4.23. The highest BCUT2D eigenvalue weighted by Crippen LogP contribution is 2.33. The number of rotatable bonds is 2. The van der Waals surface area contributed by atoms with Crippen molar-refractivity contribution in [2.45, 2.75) is 25.8 Å². The predicted octanol–water partition coefficient (Wildman–Crippen LogP) is 1.58. The van der Waals surface area contributed by atoms with E-state index >= 15 is 0 Å². The third-order valence-corrected chi connectivity index (χ3v) is 3.34. The van der Waals surface area contributed by atoms with Gasteiger partial charge in [-0.1, -0.05) is 6.58 Å². The molecule has 4 heteroatoms. The van der Waals surface area contributed by atoms with Crippen LogP contribution in [0, 0.1) is 6.92 Å². The highest BCUT2D eigenvalue weighted by atomic mass is 16.2. The van der Waals surface area contributed by atoms with Crippen molar-refractivity contribution in [2.24, 2.45) is 7.05 Å². The zero-order valence-electron chi connectivity index (χ0n) is 9.81. The zero-order valence-corrected chi connectivity index (χ0v) is 9.81. The summed E-state index contributed by atoms with van der Waals surface area (Å²) in [5.41, 5.74) is 2.30. The molecule has 0 N–H and O–H groups in total. The quantitative estimate of drug-likeness (QED) is 0.708. The van der Waals surface area contributed by atoms with Gasteiger partial charge in [-0.25, -0.2) is 0 Å². The Morgan fingerprint density at radius 1 is 1.69 bits per heavy atom. The Morgan fingerprint density at radius 3 is 3.00 bits per heavy atom. The van der Waals surface area contributed by atoms with Crippen LogP contribution in [0.3, 0.4) is 0 Å². The lowest BCUT2D eigenvalue weighted by molar-refractivity contribution is -0.126. The third kappa shape index (κ3) is 1.64. The fraction of sp³-hybridized carbons (Fsp3) is 0.500. The Bertz CT molecular complexity index is 422. The van der Waals surface area contributed by atoms with Gasteiger partial charge >= 0.3 is 0 Å². The van der Waals surface area contributed by atoms with E-state index in [9.17, 15) is 4.79 Å². The molecule has 0 aliphatic carbocycles. The van der Waals surface area contributed by atoms with E-state index in [2.05, 4.69) is 11.7 Å². The van der Waals surface area contributed by atoms with Gasteiger partial charge in [-0.05, 0) is 25.8 Å². The van der Waals surface area contributed by atoms with Gasteiger partial charge in [0.15, 0.2) is 0 Å². The number of likely N-dealkylation sites (tertiary alicyclic amines) is 1. The van der Waals surface area contributed by atoms with Crippen molar-refractivity contribution in [3.63, 3.8) is 0 Å². The average molecular weight is 219 g/mol. The smallest absolute Gasteiger partial charge is 0.246 e. The summed E-state index contributed by atoms with van der Waals surface area (Å²) in [5.74, 6) is 0.0192. The summed E-state index contributed by atoms with van der Waals surface area (Å²) in [6.45, 7) is 6.41. The molecular weight excluding hydrogens is 202 g/mol. The molecule has 1 aliphatic heterocycles. The van der Waals surface area contributed by atoms with Crippen molar-refractivity contribution < 1.29 is 4.79 Å². The summed E-state index contributed by atoms with van der Waals surface area (Å²) >= 11 is 0. The van der Waals surface area contributed by atoms with E-state index in [1.54, 1.807) is 0 Å². The summed E-state index contributed by atoms with van der Waals surface area (Å²) < 4.78 is 1.85. The molecule has 2 rings (SSSR count). The van der Waals surface area contributed by atoms with Gasteiger partial charge in [0, 0.05) is 24.8 Å². The molecule has 1 unspecified atom stereocenters. The van der Waals surface area contributed by atoms with Crippen LogP contribution in [-0.4, -0.2) is 27.1 Å². The number of carbonyl (C=O) groups is 1. The minimum absolute atomic E-state index is 0.0192. The molecule has 1 fully saturated rings. The molecule has 4 nitrogen and oxygen atoms in total. The van der Waals surface area contributed by atoms with Crippen molar-refractivity contribution in [3.05, 3.63) is 30.1 Å². The molecule has 1 aromatic heterocycles. The summed E-state index contributed by atoms with van der Waals surface area (Å²) in [6.07, 6.45) is 5.34. The number of hydrogen-bond acceptors (Lipinski definition) is 2. The Kier molecular flexibility index (Phi) is 2.81. The highest BCUT2D eigenvalue weighted by molar-refractivity contribution is 5.87. The standard InChI is InChI=1S/C12H17N3O/c1-4-12(16)15-7-5-6-11(15)10-8-13-14(3)9(10)2/h4,8,11H,1,5-7H2,2-3H3. The number of aryl methyl sites for hydroxylation is 1. The summed E-state index contributed by atoms with van der Waals surface area (Å²) in [4.78, 5) is 13.6. The van der Waals surface area contributed by atoms with Gasteiger partial charge in [-0.2, -0.15) is 5.10 Å². The first-order chi connectivity index (χ1) is 7.65. The molecule has 86 valence electrons. The van der Waals surface area contributed by atoms with Crippen molar-refractivity contribution in [1.29, 1.82) is 0 Å². The van der Waals surface area contributed by atoms with Crippen molar-refractivity contribution in [2.75, 3.05) is 6.54 Å². The maximum atomic E-state index is 11.7. The molecule has 0 radical (unpaired) electrons. The number of amides is 1. The molecule has 1 aromatic rings. The van der Waals surface area contributed by atoms with Crippen molar-refractivity contribution >= 4 is 5.91 Å². The van der Waals surface area contributed by atoms with E-state index in [4.69, 9.17) is 0 Å². The number of carbonyl (C=O) groups excluding carboxylic acids is 1. The van der Waals surface area contributed by atoms with Crippen LogP contribution in [0.1, 0.15) is 30.1 Å². The van der Waals surface area contributed by atoms with Gasteiger partial charge in [0.25, 0.3) is 0 Å². The minimum atomic E-state index is 0.0192. The maximum absolute atomic E-state index is 11.7. The Hall–Kier alpha value is -1.58. The average Bonchev–Trinajstić information content (AvgIpc) is 2.86. The maximum Gasteiger partial charge on any atom is 0.246 e. The van der Waals surface area contributed by atoms with Gasteiger partial charge in [-0.3, -0.25) is 9.48 Å². The van der Waals surface area contributed by atoms with Crippen LogP contribution in [0.4, 0.5) is 0 Å². The first-order valence-electron chi connectivity index (χ1n) is 5.56. The fourth-order valence-corrected chi connectivity index (χ4v) is 2.31. The fourth-order valence-electron chi connectivity index (χ4n) is 2.31. The zero-order chi connectivity index (χ0) is 11.7. The van der Waals surface area contributed by atoms with E-state index in [-0.39, 0.29) is 11.9 Å². The normalized spacial score (nSPS) is 20.1. The van der Waals surface area contributed by atoms with Gasteiger partial charge in [-0.15, -0.1) is 0 Å². The summed E-state index contributed by atoms with van der Waals surface area (Å²) in [7, 11) is 1.92. The minimum Gasteiger partial charge on any atom is -0.332 e. The molecule has 1 saturated heterocycles. The molecule has 1 atom stereocenters. The van der Waals surface area contributed by atoms with Gasteiger partial charge in [0.2, 0.25) is 5.91 Å².